The van der Waals surface area contributed by atoms with Gasteiger partial charge in [-0.25, -0.2) is 4.98 Å². The van der Waals surface area contributed by atoms with E-state index < -0.39 is 0 Å². The highest BCUT2D eigenvalue weighted by molar-refractivity contribution is 5.40. The van der Waals surface area contributed by atoms with E-state index in [0.29, 0.717) is 5.92 Å². The zero-order valence-corrected chi connectivity index (χ0v) is 12.5. The van der Waals surface area contributed by atoms with Gasteiger partial charge in [0.1, 0.15) is 11.6 Å². The van der Waals surface area contributed by atoms with Crippen molar-refractivity contribution in [1.82, 2.24) is 10.4 Å². The molecule has 2 rings (SSSR count). The van der Waals surface area contributed by atoms with Gasteiger partial charge in [-0.2, -0.15) is 0 Å². The summed E-state index contributed by atoms with van der Waals surface area (Å²) in [5.41, 5.74) is 7.85. The molecule has 1 aromatic heterocycles. The number of nitrogens with one attached hydrogen (secondary N) is 2. The SMILES string of the molecule is CC/C=C(\NNc1cc(OC)ccn1)C1CCCCC1. The van der Waals surface area contributed by atoms with E-state index in [-0.39, 0.29) is 0 Å². The Morgan fingerprint density at radius 3 is 2.90 bits per heavy atom. The molecule has 2 N–H and O–H groups in total. The first-order valence-electron chi connectivity index (χ1n) is 7.55. The molecule has 0 spiro atoms. The summed E-state index contributed by atoms with van der Waals surface area (Å²) in [5.74, 6) is 2.24. The largest absolute Gasteiger partial charge is 0.497 e. The van der Waals surface area contributed by atoms with Crippen LogP contribution in [0.5, 0.6) is 5.75 Å². The summed E-state index contributed by atoms with van der Waals surface area (Å²) in [6.07, 6.45) is 11.7. The number of allylic oxidation sites excluding steroid dienone is 2. The van der Waals surface area contributed by atoms with Crippen LogP contribution in [0.3, 0.4) is 0 Å². The van der Waals surface area contributed by atoms with Crippen molar-refractivity contribution in [3.8, 4) is 5.75 Å². The van der Waals surface area contributed by atoms with Gasteiger partial charge in [0, 0.05) is 23.9 Å². The lowest BCUT2D eigenvalue weighted by Gasteiger charge is -2.26. The van der Waals surface area contributed by atoms with E-state index in [2.05, 4.69) is 28.8 Å². The summed E-state index contributed by atoms with van der Waals surface area (Å²) in [4.78, 5) is 4.28. The smallest absolute Gasteiger partial charge is 0.148 e. The highest BCUT2D eigenvalue weighted by Gasteiger charge is 2.17. The lowest BCUT2D eigenvalue weighted by atomic mass is 9.86. The number of rotatable bonds is 6. The minimum atomic E-state index is 0.654. The fraction of sp³-hybridized carbons (Fsp3) is 0.562. The van der Waals surface area contributed by atoms with Crippen molar-refractivity contribution in [2.24, 2.45) is 5.92 Å². The molecule has 0 bridgehead atoms. The number of hydrazine groups is 1. The van der Waals surface area contributed by atoms with Crippen LogP contribution < -0.4 is 15.6 Å². The molecule has 1 heterocycles. The molecule has 20 heavy (non-hydrogen) atoms. The number of anilines is 1. The second-order valence-electron chi connectivity index (χ2n) is 5.23. The summed E-state index contributed by atoms with van der Waals surface area (Å²) < 4.78 is 5.20. The van der Waals surface area contributed by atoms with Crippen LogP contribution in [0.15, 0.2) is 30.1 Å². The number of aromatic nitrogens is 1. The summed E-state index contributed by atoms with van der Waals surface area (Å²) in [5, 5.41) is 0. The molecule has 4 nitrogen and oxygen atoms in total. The molecular formula is C16H25N3O. The minimum Gasteiger partial charge on any atom is -0.497 e. The van der Waals surface area contributed by atoms with Crippen LogP contribution in [0.2, 0.25) is 0 Å². The second kappa shape index (κ2) is 7.78. The molecule has 0 radical (unpaired) electrons. The van der Waals surface area contributed by atoms with Gasteiger partial charge in [0.15, 0.2) is 0 Å². The van der Waals surface area contributed by atoms with Gasteiger partial charge in [-0.15, -0.1) is 0 Å². The lowest BCUT2D eigenvalue weighted by molar-refractivity contribution is 0.389. The number of nitrogens with zero attached hydrogens (tertiary/aromatic N) is 1. The Balaban J connectivity index is 1.96. The first kappa shape index (κ1) is 14.7. The van der Waals surface area contributed by atoms with E-state index in [9.17, 15) is 0 Å². The summed E-state index contributed by atoms with van der Waals surface area (Å²) in [6, 6.07) is 3.73. The Bertz CT molecular complexity index is 439. The average molecular weight is 275 g/mol. The van der Waals surface area contributed by atoms with Gasteiger partial charge >= 0.3 is 0 Å². The van der Waals surface area contributed by atoms with Gasteiger partial charge in [-0.05, 0) is 25.3 Å². The predicted octanol–water partition coefficient (Wildman–Crippen LogP) is 3.88. The molecule has 4 heteroatoms. The van der Waals surface area contributed by atoms with E-state index in [0.717, 1.165) is 18.0 Å². The Morgan fingerprint density at radius 1 is 1.40 bits per heavy atom. The Morgan fingerprint density at radius 2 is 2.20 bits per heavy atom. The average Bonchev–Trinajstić information content (AvgIpc) is 2.52. The number of hydrogen-bond donors (Lipinski definition) is 2. The van der Waals surface area contributed by atoms with Crippen molar-refractivity contribution >= 4 is 5.82 Å². The Hall–Kier alpha value is -1.71. The van der Waals surface area contributed by atoms with Crippen LogP contribution in [0.4, 0.5) is 5.82 Å². The van der Waals surface area contributed by atoms with Gasteiger partial charge in [-0.3, -0.25) is 5.43 Å². The van der Waals surface area contributed by atoms with Crippen molar-refractivity contribution < 1.29 is 4.74 Å². The van der Waals surface area contributed by atoms with E-state index in [1.165, 1.54) is 37.8 Å². The van der Waals surface area contributed by atoms with E-state index in [4.69, 9.17) is 4.74 Å². The number of pyridine rings is 1. The van der Waals surface area contributed by atoms with Crippen molar-refractivity contribution in [3.05, 3.63) is 30.1 Å². The van der Waals surface area contributed by atoms with E-state index >= 15 is 0 Å². The van der Waals surface area contributed by atoms with Crippen molar-refractivity contribution in [2.75, 3.05) is 12.5 Å². The third-order valence-electron chi connectivity index (χ3n) is 3.77. The first-order valence-corrected chi connectivity index (χ1v) is 7.55. The van der Waals surface area contributed by atoms with Crippen LogP contribution in [0.25, 0.3) is 0 Å². The number of hydrogen-bond acceptors (Lipinski definition) is 4. The minimum absolute atomic E-state index is 0.654. The summed E-state index contributed by atoms with van der Waals surface area (Å²) >= 11 is 0. The molecule has 1 fully saturated rings. The van der Waals surface area contributed by atoms with E-state index in [1.807, 2.05) is 12.1 Å². The van der Waals surface area contributed by atoms with Gasteiger partial charge in [-0.1, -0.05) is 32.3 Å². The number of methoxy groups -OCH3 is 1. The van der Waals surface area contributed by atoms with E-state index in [1.54, 1.807) is 13.3 Å². The molecule has 1 aliphatic carbocycles. The molecule has 1 aliphatic rings. The molecule has 0 amide bonds. The van der Waals surface area contributed by atoms with Gasteiger partial charge in [0.05, 0.1) is 7.11 Å². The highest BCUT2D eigenvalue weighted by atomic mass is 16.5. The maximum Gasteiger partial charge on any atom is 0.148 e. The third-order valence-corrected chi connectivity index (χ3v) is 3.77. The van der Waals surface area contributed by atoms with Crippen LogP contribution >= 0.6 is 0 Å². The monoisotopic (exact) mass is 275 g/mol. The maximum absolute atomic E-state index is 5.20. The normalized spacial score (nSPS) is 16.8. The molecule has 110 valence electrons. The fourth-order valence-corrected chi connectivity index (χ4v) is 2.70. The molecular weight excluding hydrogens is 250 g/mol. The Kier molecular flexibility index (Phi) is 5.71. The first-order chi connectivity index (χ1) is 9.83. The van der Waals surface area contributed by atoms with Crippen molar-refractivity contribution in [1.29, 1.82) is 0 Å². The number of ether oxygens (including phenoxy) is 1. The maximum atomic E-state index is 5.20. The van der Waals surface area contributed by atoms with Crippen molar-refractivity contribution in [3.63, 3.8) is 0 Å². The second-order valence-corrected chi connectivity index (χ2v) is 5.23. The molecule has 0 unspecified atom stereocenters. The highest BCUT2D eigenvalue weighted by Crippen LogP contribution is 2.28. The fourth-order valence-electron chi connectivity index (χ4n) is 2.70. The molecule has 0 atom stereocenters. The molecule has 0 aromatic carbocycles. The van der Waals surface area contributed by atoms with Gasteiger partial charge in [0.2, 0.25) is 0 Å². The molecule has 1 saturated carbocycles. The van der Waals surface area contributed by atoms with Crippen molar-refractivity contribution in [2.45, 2.75) is 45.4 Å². The van der Waals surface area contributed by atoms with Crippen LogP contribution in [-0.2, 0) is 0 Å². The van der Waals surface area contributed by atoms with Crippen LogP contribution in [-0.4, -0.2) is 12.1 Å². The molecule has 0 saturated heterocycles. The topological polar surface area (TPSA) is 46.2 Å². The summed E-state index contributed by atoms with van der Waals surface area (Å²) in [6.45, 7) is 2.17. The molecule has 1 aromatic rings. The standard InChI is InChI=1S/C16H25N3O/c1-3-7-15(13-8-5-4-6-9-13)18-19-16-12-14(20-2)10-11-17-16/h7,10-13,18H,3-6,8-9H2,1-2H3,(H,17,19)/b15-7-. The Labute approximate surface area is 121 Å². The predicted molar refractivity (Wildman–Crippen MR) is 82.5 cm³/mol. The van der Waals surface area contributed by atoms with Gasteiger partial charge < -0.3 is 10.2 Å². The lowest BCUT2D eigenvalue weighted by Crippen LogP contribution is -2.27. The van der Waals surface area contributed by atoms with Gasteiger partial charge in [0.25, 0.3) is 0 Å². The zero-order chi connectivity index (χ0) is 14.2. The summed E-state index contributed by atoms with van der Waals surface area (Å²) in [7, 11) is 1.66. The van der Waals surface area contributed by atoms with Crippen LogP contribution in [0.1, 0.15) is 45.4 Å². The van der Waals surface area contributed by atoms with Crippen LogP contribution in [0, 0.1) is 5.92 Å². The zero-order valence-electron chi connectivity index (χ0n) is 12.5. The third kappa shape index (κ3) is 4.15. The molecule has 0 aliphatic heterocycles. The quantitative estimate of drug-likeness (QED) is 0.773.